The predicted octanol–water partition coefficient (Wildman–Crippen LogP) is 3.86. The van der Waals surface area contributed by atoms with E-state index < -0.39 is 0 Å². The Morgan fingerprint density at radius 1 is 1.44 bits per heavy atom. The third-order valence-electron chi connectivity index (χ3n) is 5.64. The van der Waals surface area contributed by atoms with Crippen LogP contribution in [0.3, 0.4) is 0 Å². The minimum atomic E-state index is -0.0162. The molecule has 88 valence electrons. The van der Waals surface area contributed by atoms with Crippen LogP contribution in [0, 0.1) is 11.3 Å². The maximum Gasteiger partial charge on any atom is 0.0932 e. The standard InChI is InChI=1S/C15H22O/c1-11(2)14-8-9-15(16-14)7-5-6-12(3)13(15,4)10-14/h5,7,12H,1,6,8-10H2,2-4H3/t12-,13+,14-,15-/m0/s1. The first-order valence-electron chi connectivity index (χ1n) is 6.48. The minimum absolute atomic E-state index is 0.0162. The quantitative estimate of drug-likeness (QED) is 0.607. The molecular weight excluding hydrogens is 196 g/mol. The number of fused-ring (bicyclic) bond motifs is 1. The Hall–Kier alpha value is -0.560. The monoisotopic (exact) mass is 218 g/mol. The van der Waals surface area contributed by atoms with Gasteiger partial charge in [-0.3, -0.25) is 0 Å². The van der Waals surface area contributed by atoms with Gasteiger partial charge >= 0.3 is 0 Å². The number of allylic oxidation sites excluding steroid dienone is 1. The molecule has 1 spiro atoms. The first-order valence-corrected chi connectivity index (χ1v) is 6.48. The highest BCUT2D eigenvalue weighted by molar-refractivity contribution is 5.32. The van der Waals surface area contributed by atoms with E-state index in [1.807, 2.05) is 0 Å². The van der Waals surface area contributed by atoms with Crippen molar-refractivity contribution in [3.8, 4) is 0 Å². The number of hydrogen-bond acceptors (Lipinski definition) is 1. The van der Waals surface area contributed by atoms with Crippen LogP contribution in [0.15, 0.2) is 24.3 Å². The smallest absolute Gasteiger partial charge is 0.0932 e. The van der Waals surface area contributed by atoms with Gasteiger partial charge in [-0.15, -0.1) is 0 Å². The summed E-state index contributed by atoms with van der Waals surface area (Å²) in [6.45, 7) is 11.1. The Kier molecular flexibility index (Phi) is 1.86. The first kappa shape index (κ1) is 10.6. The van der Waals surface area contributed by atoms with E-state index in [1.54, 1.807) is 0 Å². The molecule has 0 amide bonds. The van der Waals surface area contributed by atoms with Gasteiger partial charge in [-0.05, 0) is 44.1 Å². The molecule has 1 heteroatoms. The zero-order valence-corrected chi connectivity index (χ0v) is 10.7. The fraction of sp³-hybridized carbons (Fsp3) is 0.733. The Balaban J connectivity index is 2.10. The van der Waals surface area contributed by atoms with Crippen LogP contribution in [0.1, 0.15) is 46.5 Å². The molecule has 3 aliphatic rings. The van der Waals surface area contributed by atoms with Crippen LogP contribution in [-0.4, -0.2) is 11.2 Å². The third kappa shape index (κ3) is 0.964. The lowest BCUT2D eigenvalue weighted by atomic mass is 9.55. The summed E-state index contributed by atoms with van der Waals surface area (Å²) in [6, 6.07) is 0. The van der Waals surface area contributed by atoms with Crippen LogP contribution < -0.4 is 0 Å². The van der Waals surface area contributed by atoms with Crippen molar-refractivity contribution in [2.75, 3.05) is 0 Å². The highest BCUT2D eigenvalue weighted by Crippen LogP contribution is 2.67. The fourth-order valence-corrected chi connectivity index (χ4v) is 4.18. The molecule has 2 aliphatic heterocycles. The average Bonchev–Trinajstić information content (AvgIpc) is 2.70. The summed E-state index contributed by atoms with van der Waals surface area (Å²) < 4.78 is 6.50. The molecule has 1 aliphatic carbocycles. The van der Waals surface area contributed by atoms with Crippen molar-refractivity contribution >= 4 is 0 Å². The predicted molar refractivity (Wildman–Crippen MR) is 66.2 cm³/mol. The van der Waals surface area contributed by atoms with Gasteiger partial charge in [0.15, 0.2) is 0 Å². The van der Waals surface area contributed by atoms with Crippen molar-refractivity contribution in [1.29, 1.82) is 0 Å². The number of ether oxygens (including phenoxy) is 1. The van der Waals surface area contributed by atoms with E-state index in [-0.39, 0.29) is 11.2 Å². The highest BCUT2D eigenvalue weighted by atomic mass is 16.5. The van der Waals surface area contributed by atoms with E-state index in [0.717, 1.165) is 12.3 Å². The molecule has 0 radical (unpaired) electrons. The third-order valence-corrected chi connectivity index (χ3v) is 5.64. The molecule has 1 nitrogen and oxygen atoms in total. The Morgan fingerprint density at radius 2 is 2.19 bits per heavy atom. The van der Waals surface area contributed by atoms with Gasteiger partial charge in [0.2, 0.25) is 0 Å². The van der Waals surface area contributed by atoms with E-state index in [0.29, 0.717) is 5.41 Å². The molecule has 2 saturated heterocycles. The molecule has 0 aromatic rings. The maximum absolute atomic E-state index is 6.50. The van der Waals surface area contributed by atoms with Crippen LogP contribution in [0.2, 0.25) is 0 Å². The van der Waals surface area contributed by atoms with Crippen molar-refractivity contribution in [1.82, 2.24) is 0 Å². The SMILES string of the molecule is C=C(C)[C@]12CC[C@]3(C=CC[C@H](C)[C@@]3(C)C1)O2. The second-order valence-electron chi connectivity index (χ2n) is 6.40. The summed E-state index contributed by atoms with van der Waals surface area (Å²) >= 11 is 0. The average molecular weight is 218 g/mol. The molecule has 2 bridgehead atoms. The van der Waals surface area contributed by atoms with Gasteiger partial charge in [-0.1, -0.05) is 32.6 Å². The molecular formula is C15H22O. The van der Waals surface area contributed by atoms with Crippen LogP contribution in [0.25, 0.3) is 0 Å². The molecule has 0 unspecified atom stereocenters. The minimum Gasteiger partial charge on any atom is -0.360 e. The van der Waals surface area contributed by atoms with Gasteiger partial charge in [-0.25, -0.2) is 0 Å². The highest BCUT2D eigenvalue weighted by Gasteiger charge is 2.68. The molecule has 16 heavy (non-hydrogen) atoms. The van der Waals surface area contributed by atoms with Crippen molar-refractivity contribution in [3.05, 3.63) is 24.3 Å². The number of rotatable bonds is 1. The van der Waals surface area contributed by atoms with Crippen molar-refractivity contribution in [3.63, 3.8) is 0 Å². The molecule has 2 fully saturated rings. The fourth-order valence-electron chi connectivity index (χ4n) is 4.18. The van der Waals surface area contributed by atoms with Crippen LogP contribution in [0.5, 0.6) is 0 Å². The zero-order chi connectivity index (χ0) is 11.6. The Morgan fingerprint density at radius 3 is 2.81 bits per heavy atom. The van der Waals surface area contributed by atoms with E-state index in [9.17, 15) is 0 Å². The second kappa shape index (κ2) is 2.81. The molecule has 3 rings (SSSR count). The summed E-state index contributed by atoms with van der Waals surface area (Å²) in [5, 5.41) is 0. The van der Waals surface area contributed by atoms with E-state index in [4.69, 9.17) is 4.74 Å². The van der Waals surface area contributed by atoms with Crippen molar-refractivity contribution in [2.45, 2.75) is 57.7 Å². The topological polar surface area (TPSA) is 9.23 Å². The molecule has 0 saturated carbocycles. The van der Waals surface area contributed by atoms with E-state index in [1.165, 1.54) is 24.8 Å². The van der Waals surface area contributed by atoms with E-state index in [2.05, 4.69) is 39.5 Å². The molecule has 4 atom stereocenters. The van der Waals surface area contributed by atoms with Gasteiger partial charge in [0.05, 0.1) is 11.2 Å². The Labute approximate surface area is 98.6 Å². The summed E-state index contributed by atoms with van der Waals surface area (Å²) in [5.74, 6) is 0.721. The lowest BCUT2D eigenvalue weighted by Gasteiger charge is -2.47. The van der Waals surface area contributed by atoms with Gasteiger partial charge < -0.3 is 4.74 Å². The van der Waals surface area contributed by atoms with Gasteiger partial charge in [0.25, 0.3) is 0 Å². The first-order chi connectivity index (χ1) is 7.44. The van der Waals surface area contributed by atoms with Crippen LogP contribution >= 0.6 is 0 Å². The zero-order valence-electron chi connectivity index (χ0n) is 10.7. The van der Waals surface area contributed by atoms with Crippen LogP contribution in [0.4, 0.5) is 0 Å². The molecule has 0 aromatic heterocycles. The second-order valence-corrected chi connectivity index (χ2v) is 6.40. The summed E-state index contributed by atoms with van der Waals surface area (Å²) in [4.78, 5) is 0. The van der Waals surface area contributed by atoms with Gasteiger partial charge in [-0.2, -0.15) is 0 Å². The lowest BCUT2D eigenvalue weighted by Crippen LogP contribution is -2.47. The maximum atomic E-state index is 6.50. The molecule has 0 aromatic carbocycles. The van der Waals surface area contributed by atoms with Gasteiger partial charge in [0.1, 0.15) is 0 Å². The summed E-state index contributed by atoms with van der Waals surface area (Å²) in [7, 11) is 0. The van der Waals surface area contributed by atoms with Gasteiger partial charge in [0, 0.05) is 5.41 Å². The normalized spacial score (nSPS) is 54.1. The number of hydrogen-bond donors (Lipinski definition) is 0. The van der Waals surface area contributed by atoms with Crippen molar-refractivity contribution < 1.29 is 4.74 Å². The largest absolute Gasteiger partial charge is 0.360 e. The van der Waals surface area contributed by atoms with Crippen LogP contribution in [-0.2, 0) is 4.74 Å². The lowest BCUT2D eigenvalue weighted by molar-refractivity contribution is -0.0480. The molecule has 0 N–H and O–H groups in total. The Bertz CT molecular complexity index is 383. The van der Waals surface area contributed by atoms with Crippen molar-refractivity contribution in [2.24, 2.45) is 11.3 Å². The van der Waals surface area contributed by atoms with E-state index >= 15 is 0 Å². The summed E-state index contributed by atoms with van der Waals surface area (Å²) in [5.41, 5.74) is 1.54. The summed E-state index contributed by atoms with van der Waals surface area (Å²) in [6.07, 6.45) is 9.39. The molecule has 2 heterocycles.